The van der Waals surface area contributed by atoms with Gasteiger partial charge in [-0.05, 0) is 45.7 Å². The first-order chi connectivity index (χ1) is 10.7. The molecule has 0 unspecified atom stereocenters. The zero-order valence-corrected chi connectivity index (χ0v) is 13.3. The minimum Gasteiger partial charge on any atom is -0.352 e. The van der Waals surface area contributed by atoms with Crippen molar-refractivity contribution in [2.75, 3.05) is 26.2 Å². The third-order valence-electron chi connectivity index (χ3n) is 4.01. The Hall–Kier alpha value is -1.70. The number of hydrogen-bond donors (Lipinski definition) is 1. The molecule has 2 heterocycles. The minimum atomic E-state index is -4.15. The van der Waals surface area contributed by atoms with Crippen molar-refractivity contribution in [3.8, 4) is 0 Å². The van der Waals surface area contributed by atoms with Gasteiger partial charge in [-0.1, -0.05) is 0 Å². The molecule has 1 amide bonds. The number of nitrogens with zero attached hydrogens (tertiary/aromatic N) is 3. The predicted octanol–water partition coefficient (Wildman–Crippen LogP) is 2.10. The van der Waals surface area contributed by atoms with Crippen molar-refractivity contribution in [1.82, 2.24) is 20.2 Å². The molecule has 1 N–H and O–H groups in total. The number of rotatable bonds is 4. The number of aryl methyl sites for hydroxylation is 2. The number of halogens is 3. The fraction of sp³-hybridized carbons (Fsp3) is 0.667. The van der Waals surface area contributed by atoms with Gasteiger partial charge < -0.3 is 5.32 Å². The molecule has 1 aromatic heterocycles. The zero-order chi connectivity index (χ0) is 17.0. The number of nitrogens with one attached hydrogen (secondary N) is 1. The summed E-state index contributed by atoms with van der Waals surface area (Å²) in [6.45, 7) is 3.93. The first-order valence-electron chi connectivity index (χ1n) is 7.62. The summed E-state index contributed by atoms with van der Waals surface area (Å²) in [4.78, 5) is 21.7. The smallest absolute Gasteiger partial charge is 0.352 e. The van der Waals surface area contributed by atoms with Crippen molar-refractivity contribution in [2.45, 2.75) is 32.9 Å². The van der Waals surface area contributed by atoms with E-state index in [4.69, 9.17) is 0 Å². The Balaban J connectivity index is 1.78. The summed E-state index contributed by atoms with van der Waals surface area (Å²) in [5.41, 5.74) is 1.06. The average Bonchev–Trinajstić information content (AvgIpc) is 2.44. The summed E-state index contributed by atoms with van der Waals surface area (Å²) in [5, 5.41) is 2.83. The quantitative estimate of drug-likeness (QED) is 0.918. The number of hydrogen-bond acceptors (Lipinski definition) is 4. The SMILES string of the molecule is Cc1ncc(C(=O)NCC2CCN(CC(F)(F)F)CC2)c(C)n1. The van der Waals surface area contributed by atoms with Crippen LogP contribution in [-0.2, 0) is 0 Å². The Morgan fingerprint density at radius 2 is 2.00 bits per heavy atom. The normalized spacial score (nSPS) is 17.3. The van der Waals surface area contributed by atoms with Crippen LogP contribution in [-0.4, -0.2) is 53.1 Å². The van der Waals surface area contributed by atoms with Gasteiger partial charge in [-0.3, -0.25) is 9.69 Å². The number of carbonyl (C=O) groups is 1. The average molecular weight is 330 g/mol. The summed E-state index contributed by atoms with van der Waals surface area (Å²) < 4.78 is 37.0. The van der Waals surface area contributed by atoms with Crippen LogP contribution in [0.3, 0.4) is 0 Å². The van der Waals surface area contributed by atoms with Gasteiger partial charge in [0.05, 0.1) is 17.8 Å². The molecule has 1 aliphatic rings. The van der Waals surface area contributed by atoms with Gasteiger partial charge in [-0.25, -0.2) is 9.97 Å². The lowest BCUT2D eigenvalue weighted by Gasteiger charge is -2.32. The highest BCUT2D eigenvalue weighted by atomic mass is 19.4. The van der Waals surface area contributed by atoms with Crippen LogP contribution in [0.5, 0.6) is 0 Å². The lowest BCUT2D eigenvalue weighted by atomic mass is 9.96. The first-order valence-corrected chi connectivity index (χ1v) is 7.62. The molecule has 0 spiro atoms. The Morgan fingerprint density at radius 1 is 1.35 bits per heavy atom. The maximum absolute atomic E-state index is 12.3. The number of carbonyl (C=O) groups excluding carboxylic acids is 1. The van der Waals surface area contributed by atoms with Crippen LogP contribution >= 0.6 is 0 Å². The summed E-state index contributed by atoms with van der Waals surface area (Å²) in [6.07, 6.45) is -1.34. The van der Waals surface area contributed by atoms with Crippen molar-refractivity contribution in [3.63, 3.8) is 0 Å². The maximum atomic E-state index is 12.3. The standard InChI is InChI=1S/C15H21F3N4O/c1-10-13(8-19-11(2)21-10)14(23)20-7-12-3-5-22(6-4-12)9-15(16,17)18/h8,12H,3-7,9H2,1-2H3,(H,20,23). The molecule has 0 bridgehead atoms. The second-order valence-corrected chi connectivity index (χ2v) is 5.96. The van der Waals surface area contributed by atoms with Crippen LogP contribution in [0, 0.1) is 19.8 Å². The highest BCUT2D eigenvalue weighted by Crippen LogP contribution is 2.22. The summed E-state index contributed by atoms with van der Waals surface area (Å²) in [7, 11) is 0. The number of piperidine rings is 1. The van der Waals surface area contributed by atoms with Gasteiger partial charge in [0.1, 0.15) is 5.82 Å². The van der Waals surface area contributed by atoms with Crippen LogP contribution in [0.1, 0.15) is 34.7 Å². The Kier molecular flexibility index (Phi) is 5.56. The van der Waals surface area contributed by atoms with E-state index < -0.39 is 12.7 Å². The molecule has 1 saturated heterocycles. The molecule has 5 nitrogen and oxygen atoms in total. The van der Waals surface area contributed by atoms with Crippen molar-refractivity contribution >= 4 is 5.91 Å². The molecule has 0 aromatic carbocycles. The highest BCUT2D eigenvalue weighted by Gasteiger charge is 2.32. The second kappa shape index (κ2) is 7.25. The van der Waals surface area contributed by atoms with Crippen molar-refractivity contribution in [2.24, 2.45) is 5.92 Å². The van der Waals surface area contributed by atoms with Crippen LogP contribution in [0.15, 0.2) is 6.20 Å². The van der Waals surface area contributed by atoms with Crippen LogP contribution < -0.4 is 5.32 Å². The van der Waals surface area contributed by atoms with Gasteiger partial charge in [0, 0.05) is 12.7 Å². The van der Waals surface area contributed by atoms with Gasteiger partial charge >= 0.3 is 6.18 Å². The maximum Gasteiger partial charge on any atom is 0.401 e. The van der Waals surface area contributed by atoms with E-state index in [2.05, 4.69) is 15.3 Å². The molecule has 1 aromatic rings. The van der Waals surface area contributed by atoms with E-state index in [9.17, 15) is 18.0 Å². The molecule has 128 valence electrons. The lowest BCUT2D eigenvalue weighted by Crippen LogP contribution is -2.42. The molecule has 8 heteroatoms. The van der Waals surface area contributed by atoms with E-state index in [0.29, 0.717) is 49.6 Å². The summed E-state index contributed by atoms with van der Waals surface area (Å²) in [6, 6.07) is 0. The summed E-state index contributed by atoms with van der Waals surface area (Å²) in [5.74, 6) is 0.575. The molecule has 1 fully saturated rings. The minimum absolute atomic E-state index is 0.204. The third-order valence-corrected chi connectivity index (χ3v) is 4.01. The molecule has 2 rings (SSSR count). The molecule has 23 heavy (non-hydrogen) atoms. The molecule has 0 radical (unpaired) electrons. The molecular weight excluding hydrogens is 309 g/mol. The summed E-state index contributed by atoms with van der Waals surface area (Å²) >= 11 is 0. The van der Waals surface area contributed by atoms with Crippen molar-refractivity contribution in [3.05, 3.63) is 23.3 Å². The van der Waals surface area contributed by atoms with Crippen molar-refractivity contribution in [1.29, 1.82) is 0 Å². The first kappa shape index (κ1) is 17.7. The van der Waals surface area contributed by atoms with Gasteiger partial charge in [0.2, 0.25) is 0 Å². The fourth-order valence-corrected chi connectivity index (χ4v) is 2.74. The lowest BCUT2D eigenvalue weighted by molar-refractivity contribution is -0.148. The monoisotopic (exact) mass is 330 g/mol. The number of amides is 1. The zero-order valence-electron chi connectivity index (χ0n) is 13.3. The Labute approximate surface area is 133 Å². The largest absolute Gasteiger partial charge is 0.401 e. The Morgan fingerprint density at radius 3 is 2.57 bits per heavy atom. The molecule has 1 aliphatic heterocycles. The number of aromatic nitrogens is 2. The van der Waals surface area contributed by atoms with Gasteiger partial charge in [0.15, 0.2) is 0 Å². The van der Waals surface area contributed by atoms with Crippen LogP contribution in [0.2, 0.25) is 0 Å². The van der Waals surface area contributed by atoms with Crippen LogP contribution in [0.4, 0.5) is 13.2 Å². The molecule has 0 atom stereocenters. The Bertz CT molecular complexity index is 554. The van der Waals surface area contributed by atoms with Gasteiger partial charge in [-0.2, -0.15) is 13.2 Å². The number of alkyl halides is 3. The molecule has 0 saturated carbocycles. The van der Waals surface area contributed by atoms with Crippen LogP contribution in [0.25, 0.3) is 0 Å². The van der Waals surface area contributed by atoms with E-state index in [1.807, 2.05) is 0 Å². The highest BCUT2D eigenvalue weighted by molar-refractivity contribution is 5.94. The van der Waals surface area contributed by atoms with E-state index in [1.54, 1.807) is 13.8 Å². The fourth-order valence-electron chi connectivity index (χ4n) is 2.74. The predicted molar refractivity (Wildman–Crippen MR) is 79.1 cm³/mol. The second-order valence-electron chi connectivity index (χ2n) is 5.96. The topological polar surface area (TPSA) is 58.1 Å². The van der Waals surface area contributed by atoms with E-state index in [1.165, 1.54) is 11.1 Å². The van der Waals surface area contributed by atoms with E-state index >= 15 is 0 Å². The van der Waals surface area contributed by atoms with E-state index in [0.717, 1.165) is 0 Å². The number of likely N-dealkylation sites (tertiary alicyclic amines) is 1. The van der Waals surface area contributed by atoms with Crippen molar-refractivity contribution < 1.29 is 18.0 Å². The van der Waals surface area contributed by atoms with E-state index in [-0.39, 0.29) is 11.8 Å². The van der Waals surface area contributed by atoms with Gasteiger partial charge in [0.25, 0.3) is 5.91 Å². The molecule has 0 aliphatic carbocycles. The molecular formula is C15H21F3N4O. The third kappa shape index (κ3) is 5.46. The van der Waals surface area contributed by atoms with Gasteiger partial charge in [-0.15, -0.1) is 0 Å².